The Morgan fingerprint density at radius 3 is 2.73 bits per heavy atom. The Labute approximate surface area is 157 Å². The molecule has 1 aliphatic rings. The van der Waals surface area contributed by atoms with E-state index in [1.165, 1.54) is 12.1 Å². The fourth-order valence-corrected chi connectivity index (χ4v) is 4.10. The third-order valence-corrected chi connectivity index (χ3v) is 5.63. The number of para-hydroxylation sites is 1. The lowest BCUT2D eigenvalue weighted by molar-refractivity contribution is 0.0858. The molecule has 138 valence electrons. The monoisotopic (exact) mass is 394 g/mol. The number of halogens is 1. The van der Waals surface area contributed by atoms with E-state index in [1.807, 2.05) is 0 Å². The number of hydrogen-bond acceptors (Lipinski definition) is 4. The van der Waals surface area contributed by atoms with Crippen LogP contribution in [0.2, 0.25) is 5.02 Å². The van der Waals surface area contributed by atoms with Gasteiger partial charge in [0, 0.05) is 18.2 Å². The Balaban J connectivity index is 1.77. The average molecular weight is 395 g/mol. The molecule has 1 saturated heterocycles. The van der Waals surface area contributed by atoms with Crippen molar-refractivity contribution in [1.82, 2.24) is 5.32 Å². The summed E-state index contributed by atoms with van der Waals surface area (Å²) in [6.45, 7) is 1.10. The van der Waals surface area contributed by atoms with Crippen molar-refractivity contribution in [3.8, 4) is 0 Å². The fourth-order valence-electron chi connectivity index (χ4n) is 2.72. The molecule has 1 atom stereocenters. The summed E-state index contributed by atoms with van der Waals surface area (Å²) in [5.74, 6) is -0.357. The number of anilines is 1. The van der Waals surface area contributed by atoms with Gasteiger partial charge in [0.05, 0.1) is 22.3 Å². The highest BCUT2D eigenvalue weighted by Gasteiger charge is 2.20. The molecule has 8 heteroatoms. The minimum absolute atomic E-state index is 0.00858. The third kappa shape index (κ3) is 4.55. The van der Waals surface area contributed by atoms with Gasteiger partial charge >= 0.3 is 0 Å². The van der Waals surface area contributed by atoms with E-state index in [4.69, 9.17) is 16.3 Å². The summed E-state index contributed by atoms with van der Waals surface area (Å²) in [5.41, 5.74) is 0.452. The maximum atomic E-state index is 12.6. The van der Waals surface area contributed by atoms with Crippen molar-refractivity contribution in [3.63, 3.8) is 0 Å². The first-order chi connectivity index (χ1) is 12.5. The van der Waals surface area contributed by atoms with Crippen molar-refractivity contribution < 1.29 is 17.9 Å². The van der Waals surface area contributed by atoms with E-state index in [-0.39, 0.29) is 28.2 Å². The largest absolute Gasteiger partial charge is 0.376 e. The number of rotatable bonds is 6. The average Bonchev–Trinajstić information content (AvgIpc) is 3.13. The number of nitrogens with one attached hydrogen (secondary N) is 2. The van der Waals surface area contributed by atoms with Crippen molar-refractivity contribution in [1.29, 1.82) is 0 Å². The van der Waals surface area contributed by atoms with Crippen LogP contribution in [0.3, 0.4) is 0 Å². The highest BCUT2D eigenvalue weighted by atomic mass is 35.5. The van der Waals surface area contributed by atoms with Crippen LogP contribution in [-0.4, -0.2) is 33.6 Å². The third-order valence-electron chi connectivity index (χ3n) is 4.04. The second-order valence-electron chi connectivity index (χ2n) is 5.95. The molecule has 6 nitrogen and oxygen atoms in total. The molecule has 0 unspecified atom stereocenters. The van der Waals surface area contributed by atoms with Gasteiger partial charge in [-0.25, -0.2) is 8.42 Å². The molecule has 0 radical (unpaired) electrons. The van der Waals surface area contributed by atoms with Gasteiger partial charge in [-0.1, -0.05) is 29.8 Å². The van der Waals surface area contributed by atoms with Gasteiger partial charge < -0.3 is 10.1 Å². The van der Waals surface area contributed by atoms with E-state index < -0.39 is 10.0 Å². The number of ether oxygens (including phenoxy) is 1. The second kappa shape index (κ2) is 8.07. The second-order valence-corrected chi connectivity index (χ2v) is 8.07. The lowest BCUT2D eigenvalue weighted by Crippen LogP contribution is -2.32. The van der Waals surface area contributed by atoms with Crippen LogP contribution in [0.1, 0.15) is 23.2 Å². The van der Waals surface area contributed by atoms with Gasteiger partial charge in [0.15, 0.2) is 0 Å². The molecule has 1 aliphatic heterocycles. The quantitative estimate of drug-likeness (QED) is 0.788. The predicted molar refractivity (Wildman–Crippen MR) is 100 cm³/mol. The molecular formula is C18H19ClN2O4S. The first kappa shape index (κ1) is 18.7. The van der Waals surface area contributed by atoms with Crippen LogP contribution in [-0.2, 0) is 14.8 Å². The summed E-state index contributed by atoms with van der Waals surface area (Å²) in [4.78, 5) is 12.5. The minimum atomic E-state index is -3.86. The maximum absolute atomic E-state index is 12.6. The van der Waals surface area contributed by atoms with Crippen LogP contribution in [0.15, 0.2) is 53.4 Å². The van der Waals surface area contributed by atoms with Gasteiger partial charge in [0.1, 0.15) is 0 Å². The Morgan fingerprint density at radius 2 is 2.00 bits per heavy atom. The van der Waals surface area contributed by atoms with E-state index in [1.54, 1.807) is 36.4 Å². The number of benzene rings is 2. The molecule has 26 heavy (non-hydrogen) atoms. The van der Waals surface area contributed by atoms with Crippen molar-refractivity contribution >= 4 is 33.2 Å². The van der Waals surface area contributed by atoms with Crippen LogP contribution in [0.25, 0.3) is 0 Å². The van der Waals surface area contributed by atoms with E-state index in [0.717, 1.165) is 12.8 Å². The van der Waals surface area contributed by atoms with Crippen molar-refractivity contribution in [2.75, 3.05) is 17.9 Å². The van der Waals surface area contributed by atoms with Crippen LogP contribution >= 0.6 is 11.6 Å². The Bertz CT molecular complexity index is 896. The molecule has 0 bridgehead atoms. The molecule has 0 aliphatic carbocycles. The molecular weight excluding hydrogens is 376 g/mol. The zero-order valence-electron chi connectivity index (χ0n) is 13.9. The van der Waals surface area contributed by atoms with E-state index in [9.17, 15) is 13.2 Å². The maximum Gasteiger partial charge on any atom is 0.261 e. The lowest BCUT2D eigenvalue weighted by Gasteiger charge is -2.14. The molecule has 2 aromatic carbocycles. The van der Waals surface area contributed by atoms with Crippen LogP contribution < -0.4 is 10.0 Å². The summed E-state index contributed by atoms with van der Waals surface area (Å²) in [5, 5.41) is 3.11. The number of carbonyl (C=O) groups excluding carboxylic acids is 1. The molecule has 0 aromatic heterocycles. The van der Waals surface area contributed by atoms with E-state index in [0.29, 0.717) is 18.2 Å². The van der Waals surface area contributed by atoms with Crippen molar-refractivity contribution in [2.45, 2.75) is 23.8 Å². The fraction of sp³-hybridized carbons (Fsp3) is 0.278. The SMILES string of the molecule is O=C(NC[C@H]1CCCO1)c1ccccc1NS(=O)(=O)c1cccc(Cl)c1. The highest BCUT2D eigenvalue weighted by Crippen LogP contribution is 2.22. The van der Waals surface area contributed by atoms with Crippen molar-refractivity contribution in [3.05, 3.63) is 59.1 Å². The minimum Gasteiger partial charge on any atom is -0.376 e. The molecule has 1 heterocycles. The molecule has 0 saturated carbocycles. The van der Waals surface area contributed by atoms with E-state index in [2.05, 4.69) is 10.0 Å². The molecule has 1 fully saturated rings. The van der Waals surface area contributed by atoms with Crippen LogP contribution in [0.4, 0.5) is 5.69 Å². The van der Waals surface area contributed by atoms with Crippen LogP contribution in [0, 0.1) is 0 Å². The zero-order valence-corrected chi connectivity index (χ0v) is 15.5. The number of amides is 1. The predicted octanol–water partition coefficient (Wildman–Crippen LogP) is 3.05. The zero-order chi connectivity index (χ0) is 18.6. The van der Waals surface area contributed by atoms with E-state index >= 15 is 0 Å². The lowest BCUT2D eigenvalue weighted by atomic mass is 10.1. The first-order valence-corrected chi connectivity index (χ1v) is 10.1. The Morgan fingerprint density at radius 1 is 1.19 bits per heavy atom. The van der Waals surface area contributed by atoms with Gasteiger partial charge in [-0.2, -0.15) is 0 Å². The van der Waals surface area contributed by atoms with Gasteiger partial charge in [0.2, 0.25) is 0 Å². The first-order valence-electron chi connectivity index (χ1n) is 8.23. The summed E-state index contributed by atoms with van der Waals surface area (Å²) >= 11 is 5.87. The summed E-state index contributed by atoms with van der Waals surface area (Å²) < 4.78 is 33.1. The van der Waals surface area contributed by atoms with Gasteiger partial charge in [0.25, 0.3) is 15.9 Å². The highest BCUT2D eigenvalue weighted by molar-refractivity contribution is 7.92. The molecule has 2 N–H and O–H groups in total. The Hall–Kier alpha value is -2.09. The number of carbonyl (C=O) groups is 1. The molecule has 1 amide bonds. The summed E-state index contributed by atoms with van der Waals surface area (Å²) in [6, 6.07) is 12.4. The van der Waals surface area contributed by atoms with Gasteiger partial charge in [-0.15, -0.1) is 0 Å². The molecule has 3 rings (SSSR count). The number of sulfonamides is 1. The van der Waals surface area contributed by atoms with Crippen LogP contribution in [0.5, 0.6) is 0 Å². The van der Waals surface area contributed by atoms with Gasteiger partial charge in [-0.05, 0) is 43.2 Å². The standard InChI is InChI=1S/C18H19ClN2O4S/c19-13-5-3-7-15(11-13)26(23,24)21-17-9-2-1-8-16(17)18(22)20-12-14-6-4-10-25-14/h1-3,5,7-9,11,14,21H,4,6,10,12H2,(H,20,22)/t14-/m1/s1. The Kier molecular flexibility index (Phi) is 5.80. The molecule has 2 aromatic rings. The number of hydrogen-bond donors (Lipinski definition) is 2. The topological polar surface area (TPSA) is 84.5 Å². The normalized spacial score (nSPS) is 17.0. The molecule has 0 spiro atoms. The van der Waals surface area contributed by atoms with Gasteiger partial charge in [-0.3, -0.25) is 9.52 Å². The smallest absolute Gasteiger partial charge is 0.261 e. The summed E-state index contributed by atoms with van der Waals surface area (Å²) in [6.07, 6.45) is 1.90. The summed E-state index contributed by atoms with van der Waals surface area (Å²) in [7, 11) is -3.86. The van der Waals surface area contributed by atoms with Crippen molar-refractivity contribution in [2.24, 2.45) is 0 Å².